The molecule has 0 saturated carbocycles. The van der Waals surface area contributed by atoms with Crippen LogP contribution in [0.25, 0.3) is 10.9 Å². The summed E-state index contributed by atoms with van der Waals surface area (Å²) < 4.78 is 0. The minimum absolute atomic E-state index is 0.0373. The molecule has 0 aliphatic heterocycles. The molecule has 0 aliphatic rings. The van der Waals surface area contributed by atoms with E-state index in [0.29, 0.717) is 25.5 Å². The number of anilines is 2. The minimum atomic E-state index is 0.0373. The van der Waals surface area contributed by atoms with E-state index in [4.69, 9.17) is 0 Å². The van der Waals surface area contributed by atoms with Gasteiger partial charge >= 0.3 is 0 Å². The maximum absolute atomic E-state index is 11.5. The lowest BCUT2D eigenvalue weighted by Crippen LogP contribution is -2.25. The number of nitrogens with one attached hydrogen (secondary N) is 3. The molecule has 0 fully saturated rings. The third-order valence-electron chi connectivity index (χ3n) is 2.96. The SMILES string of the molecule is CCNC(=O)CCNc1nc(NCC)nc2ccccc12. The second kappa shape index (κ2) is 7.42. The van der Waals surface area contributed by atoms with E-state index in [9.17, 15) is 4.79 Å². The molecule has 0 aliphatic carbocycles. The summed E-state index contributed by atoms with van der Waals surface area (Å²) >= 11 is 0. The molecule has 0 radical (unpaired) electrons. The first-order valence-electron chi connectivity index (χ1n) is 7.25. The second-order valence-corrected chi connectivity index (χ2v) is 4.57. The van der Waals surface area contributed by atoms with Crippen molar-refractivity contribution < 1.29 is 4.79 Å². The predicted molar refractivity (Wildman–Crippen MR) is 85.5 cm³/mol. The monoisotopic (exact) mass is 287 g/mol. The van der Waals surface area contributed by atoms with Crippen LogP contribution in [0, 0.1) is 0 Å². The Morgan fingerprint density at radius 2 is 1.90 bits per heavy atom. The van der Waals surface area contributed by atoms with Crippen LogP contribution >= 0.6 is 0 Å². The van der Waals surface area contributed by atoms with Gasteiger partial charge in [0.25, 0.3) is 0 Å². The zero-order chi connectivity index (χ0) is 15.1. The van der Waals surface area contributed by atoms with Gasteiger partial charge in [0.1, 0.15) is 5.82 Å². The summed E-state index contributed by atoms with van der Waals surface area (Å²) in [6.07, 6.45) is 0.419. The Morgan fingerprint density at radius 1 is 1.10 bits per heavy atom. The topological polar surface area (TPSA) is 78.9 Å². The summed E-state index contributed by atoms with van der Waals surface area (Å²) in [6.45, 7) is 5.86. The maximum Gasteiger partial charge on any atom is 0.225 e. The molecule has 1 heterocycles. The number of amides is 1. The first-order valence-corrected chi connectivity index (χ1v) is 7.25. The summed E-state index contributed by atoms with van der Waals surface area (Å²) in [4.78, 5) is 20.4. The molecule has 1 aromatic heterocycles. The number of fused-ring (bicyclic) bond motifs is 1. The highest BCUT2D eigenvalue weighted by Crippen LogP contribution is 2.21. The molecule has 112 valence electrons. The number of carbonyl (C=O) groups is 1. The quantitative estimate of drug-likeness (QED) is 0.726. The van der Waals surface area contributed by atoms with Crippen molar-refractivity contribution in [3.05, 3.63) is 24.3 Å². The van der Waals surface area contributed by atoms with Gasteiger partial charge in [0.05, 0.1) is 5.52 Å². The van der Waals surface area contributed by atoms with Gasteiger partial charge < -0.3 is 16.0 Å². The molecule has 0 bridgehead atoms. The number of hydrogen-bond acceptors (Lipinski definition) is 5. The van der Waals surface area contributed by atoms with Crippen molar-refractivity contribution in [3.63, 3.8) is 0 Å². The maximum atomic E-state index is 11.5. The summed E-state index contributed by atoms with van der Waals surface area (Å²) in [5.74, 6) is 1.38. The van der Waals surface area contributed by atoms with Crippen molar-refractivity contribution in [3.8, 4) is 0 Å². The molecule has 1 amide bonds. The minimum Gasteiger partial charge on any atom is -0.369 e. The molecule has 3 N–H and O–H groups in total. The average Bonchev–Trinajstić information content (AvgIpc) is 2.48. The van der Waals surface area contributed by atoms with Crippen molar-refractivity contribution in [1.82, 2.24) is 15.3 Å². The molecule has 0 spiro atoms. The van der Waals surface area contributed by atoms with E-state index in [1.807, 2.05) is 38.1 Å². The van der Waals surface area contributed by atoms with Gasteiger partial charge in [-0.25, -0.2) is 4.98 Å². The van der Waals surface area contributed by atoms with Crippen LogP contribution in [0.2, 0.25) is 0 Å². The van der Waals surface area contributed by atoms with Crippen LogP contribution in [0.1, 0.15) is 20.3 Å². The highest BCUT2D eigenvalue weighted by molar-refractivity contribution is 5.90. The molecule has 6 heteroatoms. The zero-order valence-electron chi connectivity index (χ0n) is 12.4. The molecule has 0 atom stereocenters. The molecule has 6 nitrogen and oxygen atoms in total. The van der Waals surface area contributed by atoms with E-state index >= 15 is 0 Å². The molecule has 2 aromatic rings. The van der Waals surface area contributed by atoms with E-state index in [2.05, 4.69) is 25.9 Å². The first-order chi connectivity index (χ1) is 10.2. The van der Waals surface area contributed by atoms with Crippen LogP contribution in [0.15, 0.2) is 24.3 Å². The second-order valence-electron chi connectivity index (χ2n) is 4.57. The lowest BCUT2D eigenvalue weighted by Gasteiger charge is -2.11. The van der Waals surface area contributed by atoms with Crippen LogP contribution in [0.4, 0.5) is 11.8 Å². The fraction of sp³-hybridized carbons (Fsp3) is 0.400. The zero-order valence-corrected chi connectivity index (χ0v) is 12.4. The molecule has 0 unspecified atom stereocenters. The summed E-state index contributed by atoms with van der Waals surface area (Å²) in [7, 11) is 0. The number of nitrogens with zero attached hydrogens (tertiary/aromatic N) is 2. The Bertz CT molecular complexity index is 614. The van der Waals surface area contributed by atoms with Gasteiger partial charge in [-0.15, -0.1) is 0 Å². The highest BCUT2D eigenvalue weighted by atomic mass is 16.1. The molecular weight excluding hydrogens is 266 g/mol. The standard InChI is InChI=1S/C15H21N5O/c1-3-16-13(21)9-10-18-14-11-7-5-6-8-12(11)19-15(20-14)17-4-2/h5-8H,3-4,9-10H2,1-2H3,(H,16,21)(H2,17,18,19,20). The summed E-state index contributed by atoms with van der Waals surface area (Å²) in [5, 5.41) is 10.1. The van der Waals surface area contributed by atoms with Crippen molar-refractivity contribution in [2.75, 3.05) is 30.3 Å². The Morgan fingerprint density at radius 3 is 2.67 bits per heavy atom. The van der Waals surface area contributed by atoms with Crippen LogP contribution in [0.3, 0.4) is 0 Å². The Balaban J connectivity index is 2.15. The Hall–Kier alpha value is -2.37. The van der Waals surface area contributed by atoms with Crippen molar-refractivity contribution in [1.29, 1.82) is 0 Å². The van der Waals surface area contributed by atoms with E-state index in [-0.39, 0.29) is 5.91 Å². The number of carbonyl (C=O) groups excluding carboxylic acids is 1. The predicted octanol–water partition coefficient (Wildman–Crippen LogP) is 2.00. The van der Waals surface area contributed by atoms with Gasteiger partial charge in [-0.2, -0.15) is 4.98 Å². The van der Waals surface area contributed by atoms with Gasteiger partial charge in [-0.3, -0.25) is 4.79 Å². The normalized spacial score (nSPS) is 10.4. The van der Waals surface area contributed by atoms with Crippen molar-refractivity contribution >= 4 is 28.6 Å². The smallest absolute Gasteiger partial charge is 0.225 e. The van der Waals surface area contributed by atoms with Crippen molar-refractivity contribution in [2.24, 2.45) is 0 Å². The Kier molecular flexibility index (Phi) is 5.31. The summed E-state index contributed by atoms with van der Waals surface area (Å²) in [6, 6.07) is 7.82. The van der Waals surface area contributed by atoms with Gasteiger partial charge in [-0.05, 0) is 26.0 Å². The van der Waals surface area contributed by atoms with Crippen LogP contribution in [0.5, 0.6) is 0 Å². The van der Waals surface area contributed by atoms with E-state index < -0.39 is 0 Å². The van der Waals surface area contributed by atoms with Crippen LogP contribution in [-0.4, -0.2) is 35.5 Å². The number of hydrogen-bond donors (Lipinski definition) is 3. The highest BCUT2D eigenvalue weighted by Gasteiger charge is 2.07. The van der Waals surface area contributed by atoms with E-state index in [1.165, 1.54) is 0 Å². The molecule has 0 saturated heterocycles. The fourth-order valence-electron chi connectivity index (χ4n) is 2.03. The molecule has 21 heavy (non-hydrogen) atoms. The summed E-state index contributed by atoms with van der Waals surface area (Å²) in [5.41, 5.74) is 0.879. The molecule has 1 aromatic carbocycles. The van der Waals surface area contributed by atoms with Crippen LogP contribution < -0.4 is 16.0 Å². The number of benzene rings is 1. The molecular formula is C15H21N5O. The lowest BCUT2D eigenvalue weighted by molar-refractivity contribution is -0.120. The Labute approximate surface area is 124 Å². The van der Waals surface area contributed by atoms with Gasteiger partial charge in [0.2, 0.25) is 11.9 Å². The van der Waals surface area contributed by atoms with E-state index in [0.717, 1.165) is 23.3 Å². The van der Waals surface area contributed by atoms with Gasteiger partial charge in [-0.1, -0.05) is 12.1 Å². The fourth-order valence-corrected chi connectivity index (χ4v) is 2.03. The number of aromatic nitrogens is 2. The largest absolute Gasteiger partial charge is 0.369 e. The number of rotatable bonds is 7. The number of para-hydroxylation sites is 1. The van der Waals surface area contributed by atoms with E-state index in [1.54, 1.807) is 0 Å². The van der Waals surface area contributed by atoms with Crippen molar-refractivity contribution in [2.45, 2.75) is 20.3 Å². The lowest BCUT2D eigenvalue weighted by atomic mass is 10.2. The average molecular weight is 287 g/mol. The third kappa shape index (κ3) is 4.05. The third-order valence-corrected chi connectivity index (χ3v) is 2.96. The molecule has 2 rings (SSSR count). The van der Waals surface area contributed by atoms with Crippen LogP contribution in [-0.2, 0) is 4.79 Å². The van der Waals surface area contributed by atoms with Gasteiger partial charge in [0, 0.05) is 31.4 Å². The first kappa shape index (κ1) is 15.0. The van der Waals surface area contributed by atoms with Gasteiger partial charge in [0.15, 0.2) is 0 Å².